The number of hydrogen-bond acceptors (Lipinski definition) is 0. The molecule has 56 valence electrons. The first kappa shape index (κ1) is 84.9. The van der Waals surface area contributed by atoms with Crippen LogP contribution in [0.2, 0.25) is 0 Å². The molecule has 9 heteroatoms. The van der Waals surface area contributed by atoms with Gasteiger partial charge in [0.15, 0.2) is 0 Å². The van der Waals surface area contributed by atoms with Crippen molar-refractivity contribution in [2.24, 2.45) is 0 Å². The zero-order chi connectivity index (χ0) is 0. The van der Waals surface area contributed by atoms with Gasteiger partial charge in [0.1, 0.15) is 0 Å². The van der Waals surface area contributed by atoms with E-state index in [1.807, 2.05) is 0 Å². The average Bonchev–Trinajstić information content (AvgIpc) is 0. The molecule has 9 heavy (non-hydrogen) atoms. The number of rotatable bonds is 0. The van der Waals surface area contributed by atoms with Gasteiger partial charge in [0, 0.05) is 0 Å². The summed E-state index contributed by atoms with van der Waals surface area (Å²) in [6.45, 7) is 0. The Kier molecular flexibility index (Phi) is 642. The molecule has 0 N–H and O–H groups in total. The first-order chi connectivity index (χ1) is 0. The van der Waals surface area contributed by atoms with Crippen molar-refractivity contribution in [2.45, 2.75) is 0 Å². The Morgan fingerprint density at radius 2 is 0.333 bits per heavy atom. The zero-order valence-electron chi connectivity index (χ0n) is 4.58. The van der Waals surface area contributed by atoms with Gasteiger partial charge in [-0.15, -0.1) is 0 Å². The van der Waals surface area contributed by atoms with Gasteiger partial charge in [0.05, 0.1) is 0 Å². The number of halogens is 6. The van der Waals surface area contributed by atoms with Crippen LogP contribution in [0.3, 0.4) is 0 Å². The van der Waals surface area contributed by atoms with Crippen LogP contribution in [0.5, 0.6) is 0 Å². The standard InChI is InChI=1S/6ClH.2K.Pt/h6*1H;;;/q;;;;;;2*+1;+2/p-6. The second-order valence-electron chi connectivity index (χ2n) is 0. The average molecular weight is 486 g/mol. The maximum atomic E-state index is 0. The Morgan fingerprint density at radius 3 is 0.333 bits per heavy atom. The van der Waals surface area contributed by atoms with E-state index >= 15 is 0 Å². The van der Waals surface area contributed by atoms with Gasteiger partial charge >= 0.3 is 124 Å². The summed E-state index contributed by atoms with van der Waals surface area (Å²) in [5.41, 5.74) is 0. The maximum absolute atomic E-state index is 0. The largest absolute Gasteiger partial charge is 2.00 e. The van der Waals surface area contributed by atoms with E-state index in [1.54, 1.807) is 0 Å². The normalized spacial score (nSPS) is 0. The van der Waals surface area contributed by atoms with E-state index in [2.05, 4.69) is 0 Å². The van der Waals surface area contributed by atoms with Gasteiger partial charge in [0.25, 0.3) is 0 Å². The van der Waals surface area contributed by atoms with Gasteiger partial charge in [-0.3, -0.25) is 0 Å². The molecule has 0 aliphatic carbocycles. The molecular formula is Cl6K2Pt-2. The molecule has 0 fully saturated rings. The van der Waals surface area contributed by atoms with Crippen molar-refractivity contribution in [1.29, 1.82) is 0 Å². The van der Waals surface area contributed by atoms with Gasteiger partial charge in [-0.2, -0.15) is 0 Å². The molecule has 0 saturated carbocycles. The monoisotopic (exact) mass is 483 g/mol. The van der Waals surface area contributed by atoms with Crippen LogP contribution in [-0.4, -0.2) is 0 Å². The Balaban J connectivity index is 0. The topological polar surface area (TPSA) is 0 Å². The molecule has 0 bridgehead atoms. The molecule has 0 heterocycles. The van der Waals surface area contributed by atoms with Crippen molar-refractivity contribution in [3.63, 3.8) is 0 Å². The van der Waals surface area contributed by atoms with Gasteiger partial charge in [-0.25, -0.2) is 0 Å². The summed E-state index contributed by atoms with van der Waals surface area (Å²) >= 11 is 0. The zero-order valence-corrected chi connectivity index (χ0v) is 17.6. The third-order valence-corrected chi connectivity index (χ3v) is 0. The molecule has 0 aromatic heterocycles. The van der Waals surface area contributed by atoms with Crippen LogP contribution in [0, 0.1) is 0 Å². The summed E-state index contributed by atoms with van der Waals surface area (Å²) in [6.07, 6.45) is 0. The molecule has 0 nitrogen and oxygen atoms in total. The minimum atomic E-state index is 0. The molecule has 0 amide bonds. The molecule has 0 aromatic carbocycles. The molecule has 0 saturated heterocycles. The van der Waals surface area contributed by atoms with E-state index < -0.39 is 0 Å². The van der Waals surface area contributed by atoms with Gasteiger partial charge in [-0.05, 0) is 0 Å². The Morgan fingerprint density at radius 1 is 0.333 bits per heavy atom. The fraction of sp³-hybridized carbons (Fsp3) is 0. The fourth-order valence-corrected chi connectivity index (χ4v) is 0. The van der Waals surface area contributed by atoms with Crippen LogP contribution >= 0.6 is 0 Å². The van der Waals surface area contributed by atoms with E-state index in [-0.39, 0.29) is 198 Å². The molecular weight excluding hydrogens is 486 g/mol. The van der Waals surface area contributed by atoms with E-state index in [0.29, 0.717) is 0 Å². The predicted molar refractivity (Wildman–Crippen MR) is 0 cm³/mol. The SMILES string of the molecule is [Cl-].[Cl-].[Cl-].[Cl-].[Cl-].[Cl-].[K+].[K+].[Pt+2]. The summed E-state index contributed by atoms with van der Waals surface area (Å²) in [5.74, 6) is 0. The van der Waals surface area contributed by atoms with Crippen molar-refractivity contribution in [3.8, 4) is 0 Å². The van der Waals surface area contributed by atoms with Crippen molar-refractivity contribution in [1.82, 2.24) is 0 Å². The molecule has 0 aromatic rings. The molecule has 0 rings (SSSR count). The first-order valence-electron chi connectivity index (χ1n) is 0. The molecule has 0 spiro atoms. The van der Waals surface area contributed by atoms with Crippen LogP contribution < -0.4 is 177 Å². The maximum Gasteiger partial charge on any atom is 2.00 e. The summed E-state index contributed by atoms with van der Waals surface area (Å²) in [6, 6.07) is 0. The van der Waals surface area contributed by atoms with E-state index in [1.165, 1.54) is 0 Å². The quantitative estimate of drug-likeness (QED) is 0.299. The van der Waals surface area contributed by atoms with E-state index in [4.69, 9.17) is 0 Å². The predicted octanol–water partition coefficient (Wildman–Crippen LogP) is -24.0. The van der Waals surface area contributed by atoms with Crippen LogP contribution in [0.1, 0.15) is 0 Å². The molecule has 0 unspecified atom stereocenters. The van der Waals surface area contributed by atoms with Crippen LogP contribution in [-0.2, 0) is 21.1 Å². The minimum Gasteiger partial charge on any atom is -1.00 e. The molecule has 0 atom stereocenters. The van der Waals surface area contributed by atoms with Gasteiger partial charge < -0.3 is 74.4 Å². The molecule has 0 radical (unpaired) electrons. The summed E-state index contributed by atoms with van der Waals surface area (Å²) in [4.78, 5) is 0. The Hall–Kier alpha value is 5.70. The van der Waals surface area contributed by atoms with Crippen molar-refractivity contribution in [2.75, 3.05) is 0 Å². The minimum absolute atomic E-state index is 0. The number of hydrogen-bond donors (Lipinski definition) is 0. The van der Waals surface area contributed by atoms with Crippen molar-refractivity contribution < 1.29 is 198 Å². The molecule has 0 aliphatic rings. The third kappa shape index (κ3) is 57.7. The van der Waals surface area contributed by atoms with Gasteiger partial charge in [0.2, 0.25) is 0 Å². The van der Waals surface area contributed by atoms with Gasteiger partial charge in [-0.1, -0.05) is 0 Å². The second-order valence-corrected chi connectivity index (χ2v) is 0. The Labute approximate surface area is 193 Å². The third-order valence-electron chi connectivity index (χ3n) is 0. The molecule has 0 aliphatic heterocycles. The van der Waals surface area contributed by atoms with Crippen LogP contribution in [0.15, 0.2) is 0 Å². The van der Waals surface area contributed by atoms with E-state index in [0.717, 1.165) is 0 Å². The second kappa shape index (κ2) is 68.0. The Bertz CT molecular complexity index is 11.0. The summed E-state index contributed by atoms with van der Waals surface area (Å²) < 4.78 is 0. The summed E-state index contributed by atoms with van der Waals surface area (Å²) in [7, 11) is 0. The van der Waals surface area contributed by atoms with E-state index in [9.17, 15) is 0 Å². The van der Waals surface area contributed by atoms with Crippen LogP contribution in [0.4, 0.5) is 0 Å². The first-order valence-corrected chi connectivity index (χ1v) is 0. The van der Waals surface area contributed by atoms with Crippen LogP contribution in [0.25, 0.3) is 0 Å². The smallest absolute Gasteiger partial charge is 1.00 e. The van der Waals surface area contributed by atoms with Crippen molar-refractivity contribution in [3.05, 3.63) is 0 Å². The summed E-state index contributed by atoms with van der Waals surface area (Å²) in [5, 5.41) is 0. The van der Waals surface area contributed by atoms with Crippen molar-refractivity contribution >= 4 is 0 Å². The fourth-order valence-electron chi connectivity index (χ4n) is 0.